The third-order valence-corrected chi connectivity index (χ3v) is 2.80. The second-order valence-corrected chi connectivity index (χ2v) is 3.74. The highest BCUT2D eigenvalue weighted by Gasteiger charge is 2.08. The Hall–Kier alpha value is -0.860. The maximum absolute atomic E-state index is 9.93. The Bertz CT molecular complexity index is 256. The summed E-state index contributed by atoms with van der Waals surface area (Å²) in [5, 5.41) is 9.93. The van der Waals surface area contributed by atoms with Crippen LogP contribution in [0.3, 0.4) is 0 Å². The predicted octanol–water partition coefficient (Wildman–Crippen LogP) is 2.45. The van der Waals surface area contributed by atoms with Gasteiger partial charge in [0.1, 0.15) is 0 Å². The minimum absolute atomic E-state index is 0.327. The van der Waals surface area contributed by atoms with Gasteiger partial charge in [0, 0.05) is 6.54 Å². The van der Waals surface area contributed by atoms with Crippen LogP contribution in [0.5, 0.6) is 0 Å². The number of aliphatic hydroxyl groups excluding tert-OH is 1. The fourth-order valence-corrected chi connectivity index (χ4v) is 1.69. The first-order chi connectivity index (χ1) is 7.27. The van der Waals surface area contributed by atoms with Crippen molar-refractivity contribution in [1.82, 2.24) is 4.90 Å². The van der Waals surface area contributed by atoms with Crippen molar-refractivity contribution in [1.29, 1.82) is 0 Å². The standard InChI is InChI=1S/C13H21NO/c1-3-14(4-2)11-10-13(15)12-8-6-5-7-9-12/h5-9,13,15H,3-4,10-11H2,1-2H3/t13-/m0/s1. The van der Waals surface area contributed by atoms with Gasteiger partial charge in [-0.05, 0) is 25.1 Å². The van der Waals surface area contributed by atoms with E-state index in [1.165, 1.54) is 0 Å². The lowest BCUT2D eigenvalue weighted by molar-refractivity contribution is 0.145. The Morgan fingerprint density at radius 1 is 1.13 bits per heavy atom. The van der Waals surface area contributed by atoms with Gasteiger partial charge in [0.15, 0.2) is 0 Å². The van der Waals surface area contributed by atoms with Crippen molar-refractivity contribution in [2.45, 2.75) is 26.4 Å². The number of hydrogen-bond acceptors (Lipinski definition) is 2. The lowest BCUT2D eigenvalue weighted by Crippen LogP contribution is -2.25. The molecule has 2 nitrogen and oxygen atoms in total. The smallest absolute Gasteiger partial charge is 0.0802 e. The molecule has 0 fully saturated rings. The highest BCUT2D eigenvalue weighted by atomic mass is 16.3. The molecule has 84 valence electrons. The van der Waals surface area contributed by atoms with E-state index < -0.39 is 0 Å². The van der Waals surface area contributed by atoms with Crippen LogP contribution in [-0.4, -0.2) is 29.6 Å². The molecular weight excluding hydrogens is 186 g/mol. The van der Waals surface area contributed by atoms with Gasteiger partial charge in [-0.15, -0.1) is 0 Å². The average molecular weight is 207 g/mol. The Balaban J connectivity index is 2.39. The van der Waals surface area contributed by atoms with Gasteiger partial charge < -0.3 is 10.0 Å². The summed E-state index contributed by atoms with van der Waals surface area (Å²) in [5.41, 5.74) is 1.02. The van der Waals surface area contributed by atoms with Crippen LogP contribution in [0.25, 0.3) is 0 Å². The van der Waals surface area contributed by atoms with Crippen molar-refractivity contribution in [2.75, 3.05) is 19.6 Å². The fourth-order valence-electron chi connectivity index (χ4n) is 1.69. The topological polar surface area (TPSA) is 23.5 Å². The summed E-state index contributed by atoms with van der Waals surface area (Å²) in [6.45, 7) is 7.37. The second-order valence-electron chi connectivity index (χ2n) is 3.74. The zero-order valence-corrected chi connectivity index (χ0v) is 9.69. The average Bonchev–Trinajstić information content (AvgIpc) is 2.31. The summed E-state index contributed by atoms with van der Waals surface area (Å²) in [7, 11) is 0. The van der Waals surface area contributed by atoms with Crippen LogP contribution >= 0.6 is 0 Å². The second kappa shape index (κ2) is 6.59. The van der Waals surface area contributed by atoms with Crippen molar-refractivity contribution in [3.8, 4) is 0 Å². The Morgan fingerprint density at radius 2 is 1.73 bits per heavy atom. The number of hydrogen-bond donors (Lipinski definition) is 1. The van der Waals surface area contributed by atoms with Gasteiger partial charge in [0.2, 0.25) is 0 Å². The Morgan fingerprint density at radius 3 is 2.27 bits per heavy atom. The first-order valence-corrected chi connectivity index (χ1v) is 5.73. The Kier molecular flexibility index (Phi) is 5.37. The largest absolute Gasteiger partial charge is 0.388 e. The van der Waals surface area contributed by atoms with Crippen LogP contribution in [-0.2, 0) is 0 Å². The molecule has 1 rings (SSSR count). The Labute approximate surface area is 92.5 Å². The molecule has 0 saturated heterocycles. The van der Waals surface area contributed by atoms with E-state index in [9.17, 15) is 5.11 Å². The molecule has 0 aliphatic rings. The van der Waals surface area contributed by atoms with Gasteiger partial charge in [0.25, 0.3) is 0 Å². The minimum Gasteiger partial charge on any atom is -0.388 e. The summed E-state index contributed by atoms with van der Waals surface area (Å²) in [4.78, 5) is 2.33. The summed E-state index contributed by atoms with van der Waals surface area (Å²) in [5.74, 6) is 0. The molecule has 0 spiro atoms. The summed E-state index contributed by atoms with van der Waals surface area (Å²) >= 11 is 0. The highest BCUT2D eigenvalue weighted by Crippen LogP contribution is 2.15. The normalized spacial score (nSPS) is 13.1. The summed E-state index contributed by atoms with van der Waals surface area (Å²) in [6, 6.07) is 9.87. The summed E-state index contributed by atoms with van der Waals surface area (Å²) in [6.07, 6.45) is 0.484. The lowest BCUT2D eigenvalue weighted by atomic mass is 10.1. The van der Waals surface area contributed by atoms with E-state index in [2.05, 4.69) is 18.7 Å². The number of benzene rings is 1. The van der Waals surface area contributed by atoms with E-state index in [4.69, 9.17) is 0 Å². The van der Waals surface area contributed by atoms with Crippen LogP contribution in [0.15, 0.2) is 30.3 Å². The lowest BCUT2D eigenvalue weighted by Gasteiger charge is -2.20. The fraction of sp³-hybridized carbons (Fsp3) is 0.538. The summed E-state index contributed by atoms with van der Waals surface area (Å²) < 4.78 is 0. The van der Waals surface area contributed by atoms with Crippen molar-refractivity contribution in [3.63, 3.8) is 0 Å². The monoisotopic (exact) mass is 207 g/mol. The quantitative estimate of drug-likeness (QED) is 0.774. The van der Waals surface area contributed by atoms with E-state index in [1.54, 1.807) is 0 Å². The molecule has 1 aromatic carbocycles. The molecule has 0 heterocycles. The van der Waals surface area contributed by atoms with Gasteiger partial charge in [-0.2, -0.15) is 0 Å². The van der Waals surface area contributed by atoms with E-state index in [-0.39, 0.29) is 6.10 Å². The van der Waals surface area contributed by atoms with Crippen molar-refractivity contribution in [3.05, 3.63) is 35.9 Å². The molecule has 15 heavy (non-hydrogen) atoms. The molecule has 0 aromatic heterocycles. The molecule has 0 unspecified atom stereocenters. The highest BCUT2D eigenvalue weighted by molar-refractivity contribution is 5.17. The molecule has 0 aliphatic heterocycles. The molecule has 0 radical (unpaired) electrons. The van der Waals surface area contributed by atoms with Gasteiger partial charge >= 0.3 is 0 Å². The van der Waals surface area contributed by atoms with Crippen molar-refractivity contribution >= 4 is 0 Å². The van der Waals surface area contributed by atoms with E-state index >= 15 is 0 Å². The minimum atomic E-state index is -0.327. The van der Waals surface area contributed by atoms with E-state index in [1.807, 2.05) is 30.3 Å². The molecule has 0 saturated carbocycles. The first kappa shape index (κ1) is 12.2. The maximum atomic E-state index is 9.93. The van der Waals surface area contributed by atoms with Gasteiger partial charge in [-0.25, -0.2) is 0 Å². The maximum Gasteiger partial charge on any atom is 0.0802 e. The molecular formula is C13H21NO. The molecule has 0 aliphatic carbocycles. The van der Waals surface area contributed by atoms with Gasteiger partial charge in [0.05, 0.1) is 6.10 Å². The molecule has 1 atom stereocenters. The zero-order chi connectivity index (χ0) is 11.1. The number of aliphatic hydroxyl groups is 1. The number of nitrogens with zero attached hydrogens (tertiary/aromatic N) is 1. The van der Waals surface area contributed by atoms with E-state index in [0.717, 1.165) is 31.6 Å². The van der Waals surface area contributed by atoms with Gasteiger partial charge in [-0.1, -0.05) is 44.2 Å². The zero-order valence-electron chi connectivity index (χ0n) is 9.69. The molecule has 0 bridgehead atoms. The van der Waals surface area contributed by atoms with Crippen LogP contribution in [0.2, 0.25) is 0 Å². The van der Waals surface area contributed by atoms with Crippen molar-refractivity contribution in [2.24, 2.45) is 0 Å². The SMILES string of the molecule is CCN(CC)CC[C@H](O)c1ccccc1. The first-order valence-electron chi connectivity index (χ1n) is 5.73. The number of rotatable bonds is 6. The third-order valence-electron chi connectivity index (χ3n) is 2.80. The predicted molar refractivity (Wildman–Crippen MR) is 63.8 cm³/mol. The van der Waals surface area contributed by atoms with Gasteiger partial charge in [-0.3, -0.25) is 0 Å². The molecule has 1 N–H and O–H groups in total. The van der Waals surface area contributed by atoms with E-state index in [0.29, 0.717) is 0 Å². The third kappa shape index (κ3) is 4.02. The van der Waals surface area contributed by atoms with Crippen molar-refractivity contribution < 1.29 is 5.11 Å². The van der Waals surface area contributed by atoms with Crippen LogP contribution < -0.4 is 0 Å². The van der Waals surface area contributed by atoms with Crippen LogP contribution in [0.1, 0.15) is 31.9 Å². The molecule has 0 amide bonds. The molecule has 2 heteroatoms. The van der Waals surface area contributed by atoms with Crippen LogP contribution in [0, 0.1) is 0 Å². The molecule has 1 aromatic rings. The van der Waals surface area contributed by atoms with Crippen LogP contribution in [0.4, 0.5) is 0 Å².